The van der Waals surface area contributed by atoms with Gasteiger partial charge in [-0.3, -0.25) is 9.59 Å². The second kappa shape index (κ2) is 9.23. The van der Waals surface area contributed by atoms with Crippen molar-refractivity contribution in [2.75, 3.05) is 13.1 Å². The maximum Gasteiger partial charge on any atom is 0.225 e. The van der Waals surface area contributed by atoms with Crippen molar-refractivity contribution in [1.82, 2.24) is 10.6 Å². The molecule has 1 atom stereocenters. The molecule has 0 rings (SSSR count). The maximum atomic E-state index is 11.3. The molecule has 1 unspecified atom stereocenters. The molecule has 4 N–H and O–H groups in total. The van der Waals surface area contributed by atoms with Crippen LogP contribution in [-0.2, 0) is 9.59 Å². The van der Waals surface area contributed by atoms with Gasteiger partial charge in [0.05, 0.1) is 11.7 Å². The van der Waals surface area contributed by atoms with E-state index in [0.29, 0.717) is 13.1 Å². The topological polar surface area (TPSA) is 98.7 Å². The lowest BCUT2D eigenvalue weighted by molar-refractivity contribution is -0.129. The van der Waals surface area contributed by atoms with E-state index in [1.807, 2.05) is 41.5 Å². The van der Waals surface area contributed by atoms with E-state index in [2.05, 4.69) is 10.6 Å². The van der Waals surface area contributed by atoms with Gasteiger partial charge in [-0.1, -0.05) is 41.5 Å². The number of rotatable bonds is 4. The van der Waals surface area contributed by atoms with Gasteiger partial charge in [0, 0.05) is 23.9 Å². The molecule has 0 bridgehead atoms. The Morgan fingerprint density at radius 1 is 0.870 bits per heavy atom. The predicted octanol–water partition coefficient (Wildman–Crippen LogP) is 1.45. The highest BCUT2D eigenvalue weighted by molar-refractivity contribution is 5.81. The molecular weight excluding hydrogens is 296 g/mol. The average Bonchev–Trinajstić information content (AvgIpc) is 2.30. The second-order valence-electron chi connectivity index (χ2n) is 8.55. The summed E-state index contributed by atoms with van der Waals surface area (Å²) in [7, 11) is 0. The van der Waals surface area contributed by atoms with E-state index in [1.54, 1.807) is 20.8 Å². The molecule has 0 aliphatic heterocycles. The minimum atomic E-state index is -0.832. The van der Waals surface area contributed by atoms with Gasteiger partial charge in [-0.05, 0) is 20.8 Å². The van der Waals surface area contributed by atoms with Crippen LogP contribution in [0.5, 0.6) is 0 Å². The lowest BCUT2D eigenvalue weighted by atomic mass is 9.95. The number of carbonyl (C=O) groups is 2. The van der Waals surface area contributed by atoms with Gasteiger partial charge in [0.25, 0.3) is 0 Å². The van der Waals surface area contributed by atoms with Gasteiger partial charge in [0.15, 0.2) is 0 Å². The zero-order valence-electron chi connectivity index (χ0n) is 16.2. The summed E-state index contributed by atoms with van der Waals surface area (Å²) in [6.45, 7) is 16.6. The zero-order valence-corrected chi connectivity index (χ0v) is 16.2. The van der Waals surface area contributed by atoms with Crippen molar-refractivity contribution < 1.29 is 19.8 Å². The van der Waals surface area contributed by atoms with E-state index in [9.17, 15) is 14.7 Å². The normalized spacial score (nSPS) is 13.5. The van der Waals surface area contributed by atoms with Crippen molar-refractivity contribution in [2.45, 2.75) is 74.0 Å². The van der Waals surface area contributed by atoms with Gasteiger partial charge >= 0.3 is 0 Å². The van der Waals surface area contributed by atoms with Crippen molar-refractivity contribution in [3.63, 3.8) is 0 Å². The van der Waals surface area contributed by atoms with Gasteiger partial charge in [-0.2, -0.15) is 0 Å². The molecule has 0 aromatic rings. The Bertz CT molecular complexity index is 372. The van der Waals surface area contributed by atoms with Crippen LogP contribution in [0.4, 0.5) is 0 Å². The quantitative estimate of drug-likeness (QED) is 0.626. The van der Waals surface area contributed by atoms with E-state index in [0.717, 1.165) is 0 Å². The lowest BCUT2D eigenvalue weighted by Crippen LogP contribution is -2.43. The van der Waals surface area contributed by atoms with E-state index in [4.69, 9.17) is 5.11 Å². The van der Waals surface area contributed by atoms with Gasteiger partial charge in [0.2, 0.25) is 11.8 Å². The number of nitrogens with one attached hydrogen (secondary N) is 2. The summed E-state index contributed by atoms with van der Waals surface area (Å²) in [6.07, 6.45) is -0.471. The fraction of sp³-hybridized carbons (Fsp3) is 0.882. The Morgan fingerprint density at radius 2 is 1.22 bits per heavy atom. The molecule has 2 amide bonds. The van der Waals surface area contributed by atoms with Crippen LogP contribution in [0, 0.1) is 10.8 Å². The Morgan fingerprint density at radius 3 is 1.48 bits per heavy atom. The first kappa shape index (κ1) is 24.1. The van der Waals surface area contributed by atoms with Crippen LogP contribution in [0.15, 0.2) is 0 Å². The number of hydrogen-bond donors (Lipinski definition) is 4. The van der Waals surface area contributed by atoms with Crippen molar-refractivity contribution >= 4 is 11.8 Å². The van der Waals surface area contributed by atoms with Gasteiger partial charge in [0.1, 0.15) is 0 Å². The molecule has 0 aliphatic carbocycles. The summed E-state index contributed by atoms with van der Waals surface area (Å²) in [6, 6.07) is 0. The largest absolute Gasteiger partial charge is 0.392 e. The molecule has 6 heteroatoms. The molecule has 0 fully saturated rings. The molecule has 23 heavy (non-hydrogen) atoms. The number of aliphatic hydroxyl groups excluding tert-OH is 1. The minimum absolute atomic E-state index is 0.0293. The highest BCUT2D eigenvalue weighted by Crippen LogP contribution is 2.13. The molecular formula is C17H36N2O4. The highest BCUT2D eigenvalue weighted by Gasteiger charge is 2.23. The summed E-state index contributed by atoms with van der Waals surface area (Å²) in [5.74, 6) is -0.0666. The third-order valence-corrected chi connectivity index (χ3v) is 2.60. The monoisotopic (exact) mass is 332 g/mol. The maximum absolute atomic E-state index is 11.3. The lowest BCUT2D eigenvalue weighted by Gasteiger charge is -2.22. The molecule has 6 nitrogen and oxygen atoms in total. The van der Waals surface area contributed by atoms with E-state index < -0.39 is 11.7 Å². The molecule has 0 heterocycles. The molecule has 0 saturated carbocycles. The van der Waals surface area contributed by atoms with Crippen molar-refractivity contribution in [1.29, 1.82) is 0 Å². The number of amides is 2. The van der Waals surface area contributed by atoms with Crippen LogP contribution in [0.1, 0.15) is 62.3 Å². The highest BCUT2D eigenvalue weighted by atomic mass is 16.3. The Kier molecular flexibility index (Phi) is 9.68. The summed E-state index contributed by atoms with van der Waals surface area (Å²) in [5, 5.41) is 23.5. The van der Waals surface area contributed by atoms with Gasteiger partial charge < -0.3 is 20.8 Å². The fourth-order valence-electron chi connectivity index (χ4n) is 1.07. The van der Waals surface area contributed by atoms with E-state index >= 15 is 0 Å². The summed E-state index contributed by atoms with van der Waals surface area (Å²) >= 11 is 0. The fourth-order valence-corrected chi connectivity index (χ4v) is 1.07. The second-order valence-corrected chi connectivity index (χ2v) is 8.55. The smallest absolute Gasteiger partial charge is 0.225 e. The van der Waals surface area contributed by atoms with Gasteiger partial charge in [-0.25, -0.2) is 0 Å². The van der Waals surface area contributed by atoms with Crippen LogP contribution in [0.2, 0.25) is 0 Å². The third kappa shape index (κ3) is 15.5. The number of hydrogen-bond acceptors (Lipinski definition) is 4. The molecule has 0 aliphatic rings. The van der Waals surface area contributed by atoms with Gasteiger partial charge in [-0.15, -0.1) is 0 Å². The van der Waals surface area contributed by atoms with Crippen LogP contribution < -0.4 is 10.6 Å². The first-order valence-electron chi connectivity index (χ1n) is 7.94. The number of carbonyl (C=O) groups excluding carboxylic acids is 2. The zero-order chi connectivity index (χ0) is 19.1. The molecule has 0 aromatic carbocycles. The molecule has 0 spiro atoms. The predicted molar refractivity (Wildman–Crippen MR) is 92.9 cm³/mol. The van der Waals surface area contributed by atoms with Crippen LogP contribution in [0.3, 0.4) is 0 Å². The molecule has 0 saturated heterocycles. The molecule has 0 aromatic heterocycles. The first-order chi connectivity index (χ1) is 9.97. The standard InChI is InChI=1S/C9H19NO2.C8H17NO2/c1-8(2,3)7(11)10-6-9(4,5)12;1-6(10)5-9-7(11)8(2,3)4/h12H,6H2,1-5H3,(H,10,11);6,10H,5H2,1-4H3,(H,9,11). The molecule has 138 valence electrons. The third-order valence-electron chi connectivity index (χ3n) is 2.60. The van der Waals surface area contributed by atoms with Crippen molar-refractivity contribution in [2.24, 2.45) is 10.8 Å². The summed E-state index contributed by atoms with van der Waals surface area (Å²) in [4.78, 5) is 22.4. The van der Waals surface area contributed by atoms with E-state index in [-0.39, 0.29) is 22.6 Å². The number of aliphatic hydroxyl groups is 2. The van der Waals surface area contributed by atoms with Crippen molar-refractivity contribution in [3.8, 4) is 0 Å². The van der Waals surface area contributed by atoms with Crippen LogP contribution >= 0.6 is 0 Å². The van der Waals surface area contributed by atoms with Crippen LogP contribution in [0.25, 0.3) is 0 Å². The molecule has 0 radical (unpaired) electrons. The van der Waals surface area contributed by atoms with E-state index in [1.165, 1.54) is 0 Å². The minimum Gasteiger partial charge on any atom is -0.392 e. The Labute approximate surface area is 141 Å². The Hall–Kier alpha value is -1.14. The van der Waals surface area contributed by atoms with Crippen molar-refractivity contribution in [3.05, 3.63) is 0 Å². The SMILES string of the molecule is CC(C)(O)CNC(=O)C(C)(C)C.CC(O)CNC(=O)C(C)(C)C. The Balaban J connectivity index is 0. The average molecular weight is 332 g/mol. The van der Waals surface area contributed by atoms with Crippen LogP contribution in [-0.4, -0.2) is 46.8 Å². The first-order valence-corrected chi connectivity index (χ1v) is 7.94. The summed E-state index contributed by atoms with van der Waals surface area (Å²) in [5.41, 5.74) is -1.58. The summed E-state index contributed by atoms with van der Waals surface area (Å²) < 4.78 is 0.